The van der Waals surface area contributed by atoms with E-state index in [1.807, 2.05) is 0 Å². The highest BCUT2D eigenvalue weighted by molar-refractivity contribution is 5.67. The van der Waals surface area contributed by atoms with E-state index in [-0.39, 0.29) is 12.1 Å². The standard InChI is InChI=1S/C21H26F3N3O4/c1-19(2,3)27(18(28)29)17-11-20(30-8-9-31-20)7-6-16(17)26-14-5-4-13(12-25)15(10-14)21(22,23)24/h4-5,10,16-17,26H,6-9,11H2,1-3H3,(H,28,29)/t16-,17-/m1/s1. The summed E-state index contributed by atoms with van der Waals surface area (Å²) >= 11 is 0. The van der Waals surface area contributed by atoms with E-state index in [9.17, 15) is 23.1 Å². The molecule has 10 heteroatoms. The number of nitrogens with zero attached hydrogens (tertiary/aromatic N) is 2. The van der Waals surface area contributed by atoms with E-state index in [4.69, 9.17) is 14.7 Å². The number of nitrogens with one attached hydrogen (secondary N) is 1. The topological polar surface area (TPSA) is 94.8 Å². The Balaban J connectivity index is 1.95. The SMILES string of the molecule is CC(C)(C)N(C(=O)O)[C@@H]1CC2(CC[C@H]1Nc1ccc(C#N)c(C(F)(F)F)c1)OCCO2. The third kappa shape index (κ3) is 4.88. The molecule has 1 amide bonds. The van der Waals surface area contributed by atoms with Crippen molar-refractivity contribution in [2.24, 2.45) is 0 Å². The highest BCUT2D eigenvalue weighted by Crippen LogP contribution is 2.41. The molecule has 7 nitrogen and oxygen atoms in total. The number of benzene rings is 1. The van der Waals surface area contributed by atoms with Crippen LogP contribution in [0.1, 0.15) is 51.2 Å². The zero-order valence-electron chi connectivity index (χ0n) is 17.6. The van der Waals surface area contributed by atoms with Gasteiger partial charge in [0.15, 0.2) is 5.79 Å². The second-order valence-electron chi connectivity index (χ2n) is 8.86. The number of carboxylic acid groups (broad SMARTS) is 1. The van der Waals surface area contributed by atoms with Gasteiger partial charge in [-0.2, -0.15) is 18.4 Å². The van der Waals surface area contributed by atoms with E-state index in [0.29, 0.717) is 26.1 Å². The van der Waals surface area contributed by atoms with E-state index in [1.54, 1.807) is 26.8 Å². The highest BCUT2D eigenvalue weighted by Gasteiger charge is 2.50. The number of anilines is 1. The van der Waals surface area contributed by atoms with Gasteiger partial charge in [0.1, 0.15) is 0 Å². The molecule has 3 rings (SSSR count). The maximum atomic E-state index is 13.4. The third-order valence-electron chi connectivity index (χ3n) is 5.69. The van der Waals surface area contributed by atoms with Gasteiger partial charge in [-0.15, -0.1) is 0 Å². The van der Waals surface area contributed by atoms with Crippen LogP contribution in [-0.2, 0) is 15.7 Å². The average molecular weight is 441 g/mol. The molecule has 2 fully saturated rings. The molecule has 1 aromatic carbocycles. The van der Waals surface area contributed by atoms with Gasteiger partial charge >= 0.3 is 12.3 Å². The molecule has 2 atom stereocenters. The smallest absolute Gasteiger partial charge is 0.417 e. The Morgan fingerprint density at radius 2 is 1.94 bits per heavy atom. The van der Waals surface area contributed by atoms with Crippen LogP contribution in [-0.4, -0.2) is 52.7 Å². The Kier molecular flexibility index (Phi) is 6.13. The van der Waals surface area contributed by atoms with Crippen LogP contribution in [0.5, 0.6) is 0 Å². The summed E-state index contributed by atoms with van der Waals surface area (Å²) in [5.41, 5.74) is -2.08. The van der Waals surface area contributed by atoms with Crippen LogP contribution < -0.4 is 5.32 Å². The predicted molar refractivity (Wildman–Crippen MR) is 105 cm³/mol. The van der Waals surface area contributed by atoms with Crippen LogP contribution in [0.4, 0.5) is 23.7 Å². The Labute approximate surface area is 178 Å². The van der Waals surface area contributed by atoms with Crippen molar-refractivity contribution >= 4 is 11.8 Å². The van der Waals surface area contributed by atoms with Gasteiger partial charge in [0, 0.05) is 30.1 Å². The quantitative estimate of drug-likeness (QED) is 0.721. The monoisotopic (exact) mass is 441 g/mol. The van der Waals surface area contributed by atoms with Crippen molar-refractivity contribution in [1.82, 2.24) is 4.90 Å². The van der Waals surface area contributed by atoms with E-state index >= 15 is 0 Å². The molecule has 1 aromatic rings. The van der Waals surface area contributed by atoms with Crippen LogP contribution in [0.15, 0.2) is 18.2 Å². The second kappa shape index (κ2) is 8.20. The zero-order chi connectivity index (χ0) is 23.0. The summed E-state index contributed by atoms with van der Waals surface area (Å²) < 4.78 is 51.7. The lowest BCUT2D eigenvalue weighted by Crippen LogP contribution is -2.61. The fourth-order valence-electron chi connectivity index (χ4n) is 4.44. The molecule has 1 saturated carbocycles. The van der Waals surface area contributed by atoms with Gasteiger partial charge in [0.05, 0.1) is 36.5 Å². The molecule has 0 radical (unpaired) electrons. The summed E-state index contributed by atoms with van der Waals surface area (Å²) in [5, 5.41) is 22.0. The molecule has 2 N–H and O–H groups in total. The molecule has 31 heavy (non-hydrogen) atoms. The first-order chi connectivity index (χ1) is 14.4. The first-order valence-electron chi connectivity index (χ1n) is 10.0. The lowest BCUT2D eigenvalue weighted by molar-refractivity contribution is -0.191. The van der Waals surface area contributed by atoms with Gasteiger partial charge in [-0.3, -0.25) is 4.90 Å². The summed E-state index contributed by atoms with van der Waals surface area (Å²) in [7, 11) is 0. The molecule has 1 aliphatic heterocycles. The van der Waals surface area contributed by atoms with Gasteiger partial charge in [0.2, 0.25) is 0 Å². The number of alkyl halides is 3. The summed E-state index contributed by atoms with van der Waals surface area (Å²) in [6.45, 7) is 6.12. The van der Waals surface area contributed by atoms with Crippen molar-refractivity contribution in [2.45, 2.75) is 69.6 Å². The maximum absolute atomic E-state index is 13.4. The minimum atomic E-state index is -4.68. The van der Waals surface area contributed by atoms with E-state index in [1.165, 1.54) is 11.0 Å². The van der Waals surface area contributed by atoms with Crippen molar-refractivity contribution in [3.8, 4) is 6.07 Å². The summed E-state index contributed by atoms with van der Waals surface area (Å²) in [6, 6.07) is 3.90. The zero-order valence-corrected chi connectivity index (χ0v) is 17.6. The summed E-state index contributed by atoms with van der Waals surface area (Å²) in [5.74, 6) is -0.885. The lowest BCUT2D eigenvalue weighted by atomic mass is 9.82. The minimum Gasteiger partial charge on any atom is -0.465 e. The minimum absolute atomic E-state index is 0.171. The van der Waals surface area contributed by atoms with E-state index in [0.717, 1.165) is 12.1 Å². The largest absolute Gasteiger partial charge is 0.465 e. The number of ether oxygens (including phenoxy) is 2. The molecular weight excluding hydrogens is 415 g/mol. The van der Waals surface area contributed by atoms with Gasteiger partial charge in [-0.05, 0) is 45.4 Å². The highest BCUT2D eigenvalue weighted by atomic mass is 19.4. The van der Waals surface area contributed by atoms with Gasteiger partial charge < -0.3 is 19.9 Å². The number of hydrogen-bond acceptors (Lipinski definition) is 5. The average Bonchev–Trinajstić information content (AvgIpc) is 3.10. The molecule has 1 spiro atoms. The Morgan fingerprint density at radius 3 is 2.45 bits per heavy atom. The fourth-order valence-corrected chi connectivity index (χ4v) is 4.44. The second-order valence-corrected chi connectivity index (χ2v) is 8.86. The van der Waals surface area contributed by atoms with Crippen molar-refractivity contribution in [3.05, 3.63) is 29.3 Å². The van der Waals surface area contributed by atoms with Crippen molar-refractivity contribution in [1.29, 1.82) is 5.26 Å². The van der Waals surface area contributed by atoms with Crippen molar-refractivity contribution < 1.29 is 32.5 Å². The first kappa shape index (κ1) is 23.2. The third-order valence-corrected chi connectivity index (χ3v) is 5.69. The molecule has 1 heterocycles. The van der Waals surface area contributed by atoms with Crippen LogP contribution >= 0.6 is 0 Å². The lowest BCUT2D eigenvalue weighted by Gasteiger charge is -2.49. The van der Waals surface area contributed by atoms with E-state index in [2.05, 4.69) is 5.32 Å². The molecule has 0 bridgehead atoms. The first-order valence-corrected chi connectivity index (χ1v) is 10.0. The number of carbonyl (C=O) groups is 1. The van der Waals surface area contributed by atoms with Gasteiger partial charge in [-0.1, -0.05) is 0 Å². The molecular formula is C21H26F3N3O4. The maximum Gasteiger partial charge on any atom is 0.417 e. The molecule has 0 unspecified atom stereocenters. The van der Waals surface area contributed by atoms with Crippen LogP contribution in [0.25, 0.3) is 0 Å². The summed E-state index contributed by atoms with van der Waals surface area (Å²) in [4.78, 5) is 13.5. The molecule has 1 aliphatic carbocycles. The number of hydrogen-bond donors (Lipinski definition) is 2. The number of halogens is 3. The summed E-state index contributed by atoms with van der Waals surface area (Å²) in [6.07, 6.45) is -4.62. The molecule has 2 aliphatic rings. The van der Waals surface area contributed by atoms with Gasteiger partial charge in [-0.25, -0.2) is 4.79 Å². The Morgan fingerprint density at radius 1 is 1.29 bits per heavy atom. The van der Waals surface area contributed by atoms with Crippen molar-refractivity contribution in [3.63, 3.8) is 0 Å². The number of amides is 1. The number of rotatable bonds is 3. The Hall–Kier alpha value is -2.51. The number of nitriles is 1. The molecule has 170 valence electrons. The fraction of sp³-hybridized carbons (Fsp3) is 0.619. The van der Waals surface area contributed by atoms with Crippen molar-refractivity contribution in [2.75, 3.05) is 18.5 Å². The van der Waals surface area contributed by atoms with Crippen LogP contribution in [0, 0.1) is 11.3 Å². The van der Waals surface area contributed by atoms with Crippen LogP contribution in [0.2, 0.25) is 0 Å². The predicted octanol–water partition coefficient (Wildman–Crippen LogP) is 4.43. The molecule has 0 aromatic heterocycles. The Bertz CT molecular complexity index is 870. The van der Waals surface area contributed by atoms with Crippen LogP contribution in [0.3, 0.4) is 0 Å². The molecule has 1 saturated heterocycles. The normalized spacial score (nSPS) is 23.4. The van der Waals surface area contributed by atoms with E-state index < -0.39 is 46.8 Å². The van der Waals surface area contributed by atoms with Gasteiger partial charge in [0.25, 0.3) is 0 Å².